The van der Waals surface area contributed by atoms with Crippen molar-refractivity contribution in [2.75, 3.05) is 5.73 Å². The van der Waals surface area contributed by atoms with Crippen LogP contribution in [0.25, 0.3) is 0 Å². The summed E-state index contributed by atoms with van der Waals surface area (Å²) in [6, 6.07) is 7.43. The Morgan fingerprint density at radius 2 is 1.95 bits per heavy atom. The third-order valence-corrected chi connectivity index (χ3v) is 6.03. The maximum atomic E-state index is 12.3. The lowest BCUT2D eigenvalue weighted by Gasteiger charge is -2.14. The molecule has 0 aliphatic heterocycles. The Hall–Kier alpha value is -0.790. The molecule has 0 aliphatic carbocycles. The summed E-state index contributed by atoms with van der Waals surface area (Å²) in [4.78, 5) is 0.785. The lowest BCUT2D eigenvalue weighted by Crippen LogP contribution is -2.26. The van der Waals surface area contributed by atoms with Crippen molar-refractivity contribution in [3.05, 3.63) is 44.6 Å². The highest BCUT2D eigenvalue weighted by Crippen LogP contribution is 2.29. The SMILES string of the molecule is CC(NS(=O)(=O)c1cc(N)ccc1Cl)c1ccc(Cl)s1. The molecule has 1 aromatic heterocycles. The van der Waals surface area contributed by atoms with Crippen molar-refractivity contribution in [3.63, 3.8) is 0 Å². The van der Waals surface area contributed by atoms with Crippen LogP contribution in [0.1, 0.15) is 17.8 Å². The first-order valence-corrected chi connectivity index (χ1v) is 8.68. The lowest BCUT2D eigenvalue weighted by molar-refractivity contribution is 0.568. The summed E-state index contributed by atoms with van der Waals surface area (Å²) in [7, 11) is -3.75. The molecule has 1 aromatic carbocycles. The normalized spacial score (nSPS) is 13.3. The highest BCUT2D eigenvalue weighted by Gasteiger charge is 2.22. The molecule has 2 aromatic rings. The van der Waals surface area contributed by atoms with E-state index in [1.54, 1.807) is 25.1 Å². The second-order valence-electron chi connectivity index (χ2n) is 4.17. The molecule has 1 heterocycles. The van der Waals surface area contributed by atoms with Gasteiger partial charge in [0.25, 0.3) is 0 Å². The number of nitrogens with two attached hydrogens (primary N) is 1. The van der Waals surface area contributed by atoms with Gasteiger partial charge in [-0.25, -0.2) is 13.1 Å². The van der Waals surface area contributed by atoms with Gasteiger partial charge in [0.05, 0.1) is 15.4 Å². The van der Waals surface area contributed by atoms with E-state index in [9.17, 15) is 8.42 Å². The maximum Gasteiger partial charge on any atom is 0.242 e. The van der Waals surface area contributed by atoms with Gasteiger partial charge in [0, 0.05) is 10.6 Å². The van der Waals surface area contributed by atoms with Gasteiger partial charge in [-0.3, -0.25) is 0 Å². The Balaban J connectivity index is 2.29. The third-order valence-electron chi connectivity index (χ3n) is 2.60. The molecule has 20 heavy (non-hydrogen) atoms. The van der Waals surface area contributed by atoms with Crippen LogP contribution in [0.4, 0.5) is 5.69 Å². The zero-order valence-electron chi connectivity index (χ0n) is 10.4. The number of thiophene rings is 1. The zero-order chi connectivity index (χ0) is 14.9. The largest absolute Gasteiger partial charge is 0.399 e. The molecule has 0 aliphatic rings. The summed E-state index contributed by atoms with van der Waals surface area (Å²) in [5, 5.41) is 0.128. The number of nitrogens with one attached hydrogen (secondary N) is 1. The van der Waals surface area contributed by atoms with Crippen LogP contribution in [0.5, 0.6) is 0 Å². The molecule has 1 atom stereocenters. The van der Waals surface area contributed by atoms with Crippen LogP contribution in [0.2, 0.25) is 9.36 Å². The predicted molar refractivity (Wildman–Crippen MR) is 83.9 cm³/mol. The van der Waals surface area contributed by atoms with Crippen molar-refractivity contribution < 1.29 is 8.42 Å². The maximum absolute atomic E-state index is 12.3. The predicted octanol–water partition coefficient (Wildman–Crippen LogP) is 3.68. The number of halogens is 2. The van der Waals surface area contributed by atoms with Crippen molar-refractivity contribution in [1.82, 2.24) is 4.72 Å². The fourth-order valence-corrected chi connectivity index (χ4v) is 4.54. The average Bonchev–Trinajstić information content (AvgIpc) is 2.78. The molecule has 0 spiro atoms. The highest BCUT2D eigenvalue weighted by atomic mass is 35.5. The third kappa shape index (κ3) is 3.45. The van der Waals surface area contributed by atoms with E-state index in [4.69, 9.17) is 28.9 Å². The molecular weight excluding hydrogens is 339 g/mol. The molecule has 108 valence electrons. The summed E-state index contributed by atoms with van der Waals surface area (Å²) < 4.78 is 27.8. The Bertz CT molecular complexity index is 729. The standard InChI is InChI=1S/C12H12Cl2N2O2S2/c1-7(10-4-5-12(14)19-10)16-20(17,18)11-6-8(15)2-3-9(11)13/h2-7,16H,15H2,1H3. The van der Waals surface area contributed by atoms with Crippen molar-refractivity contribution in [1.29, 1.82) is 0 Å². The van der Waals surface area contributed by atoms with Crippen LogP contribution in [0.15, 0.2) is 35.2 Å². The van der Waals surface area contributed by atoms with E-state index in [0.29, 0.717) is 10.0 Å². The van der Waals surface area contributed by atoms with Gasteiger partial charge in [-0.2, -0.15) is 0 Å². The molecule has 0 saturated heterocycles. The van der Waals surface area contributed by atoms with E-state index >= 15 is 0 Å². The van der Waals surface area contributed by atoms with Gasteiger partial charge in [-0.1, -0.05) is 23.2 Å². The monoisotopic (exact) mass is 350 g/mol. The van der Waals surface area contributed by atoms with Crippen LogP contribution in [0.3, 0.4) is 0 Å². The first-order chi connectivity index (χ1) is 9.29. The van der Waals surface area contributed by atoms with Crippen LogP contribution in [-0.2, 0) is 10.0 Å². The highest BCUT2D eigenvalue weighted by molar-refractivity contribution is 7.89. The summed E-state index contributed by atoms with van der Waals surface area (Å²) in [5.41, 5.74) is 5.94. The molecule has 0 amide bonds. The van der Waals surface area contributed by atoms with E-state index in [1.165, 1.54) is 23.5 Å². The first-order valence-electron chi connectivity index (χ1n) is 5.62. The molecule has 8 heteroatoms. The second-order valence-corrected chi connectivity index (χ2v) is 8.01. The van der Waals surface area contributed by atoms with E-state index in [1.807, 2.05) is 0 Å². The van der Waals surface area contributed by atoms with Crippen molar-refractivity contribution in [3.8, 4) is 0 Å². The molecule has 4 nitrogen and oxygen atoms in total. The zero-order valence-corrected chi connectivity index (χ0v) is 13.6. The summed E-state index contributed by atoms with van der Waals surface area (Å²) >= 11 is 13.1. The van der Waals surface area contributed by atoms with Gasteiger partial charge in [-0.15, -0.1) is 11.3 Å². The Kier molecular flexibility index (Phi) is 4.61. The number of rotatable bonds is 4. The molecule has 2 rings (SSSR count). The molecule has 0 fully saturated rings. The summed E-state index contributed by atoms with van der Waals surface area (Å²) in [6.45, 7) is 1.74. The number of anilines is 1. The minimum atomic E-state index is -3.75. The number of benzene rings is 1. The molecule has 3 N–H and O–H groups in total. The van der Waals surface area contributed by atoms with Gasteiger partial charge in [0.15, 0.2) is 0 Å². The average molecular weight is 351 g/mol. The molecule has 0 bridgehead atoms. The van der Waals surface area contributed by atoms with E-state index < -0.39 is 16.1 Å². The first kappa shape index (κ1) is 15.6. The summed E-state index contributed by atoms with van der Waals surface area (Å²) in [5.74, 6) is 0. The minimum absolute atomic E-state index is 0.0336. The van der Waals surface area contributed by atoms with E-state index in [0.717, 1.165) is 4.88 Å². The van der Waals surface area contributed by atoms with E-state index in [-0.39, 0.29) is 9.92 Å². The van der Waals surface area contributed by atoms with Gasteiger partial charge < -0.3 is 5.73 Å². The van der Waals surface area contributed by atoms with Gasteiger partial charge in [0.2, 0.25) is 10.0 Å². The Morgan fingerprint density at radius 3 is 2.55 bits per heavy atom. The second kappa shape index (κ2) is 5.91. The number of sulfonamides is 1. The van der Waals surface area contributed by atoms with Crippen molar-refractivity contribution in [2.24, 2.45) is 0 Å². The van der Waals surface area contributed by atoms with Gasteiger partial charge >= 0.3 is 0 Å². The van der Waals surface area contributed by atoms with Crippen LogP contribution in [-0.4, -0.2) is 8.42 Å². The fourth-order valence-electron chi connectivity index (χ4n) is 1.64. The summed E-state index contributed by atoms with van der Waals surface area (Å²) in [6.07, 6.45) is 0. The van der Waals surface area contributed by atoms with Gasteiger partial charge in [0.1, 0.15) is 4.90 Å². The quantitative estimate of drug-likeness (QED) is 0.826. The molecule has 0 radical (unpaired) electrons. The Morgan fingerprint density at radius 1 is 1.25 bits per heavy atom. The smallest absolute Gasteiger partial charge is 0.242 e. The minimum Gasteiger partial charge on any atom is -0.399 e. The molecule has 0 saturated carbocycles. The number of hydrogen-bond acceptors (Lipinski definition) is 4. The number of hydrogen-bond donors (Lipinski definition) is 2. The fraction of sp³-hybridized carbons (Fsp3) is 0.167. The topological polar surface area (TPSA) is 72.2 Å². The lowest BCUT2D eigenvalue weighted by atomic mass is 10.3. The number of nitrogen functional groups attached to an aromatic ring is 1. The van der Waals surface area contributed by atoms with Crippen molar-refractivity contribution >= 4 is 50.2 Å². The Labute approximate surface area is 131 Å². The van der Waals surface area contributed by atoms with Crippen LogP contribution in [0, 0.1) is 0 Å². The van der Waals surface area contributed by atoms with Crippen LogP contribution >= 0.6 is 34.5 Å². The molecule has 1 unspecified atom stereocenters. The van der Waals surface area contributed by atoms with Crippen LogP contribution < -0.4 is 10.5 Å². The molecular formula is C12H12Cl2N2O2S2. The van der Waals surface area contributed by atoms with Gasteiger partial charge in [-0.05, 0) is 37.3 Å². The van der Waals surface area contributed by atoms with Crippen molar-refractivity contribution in [2.45, 2.75) is 17.9 Å². The van der Waals surface area contributed by atoms with E-state index in [2.05, 4.69) is 4.72 Å².